The first-order valence-electron chi connectivity index (χ1n) is 7.29. The molecule has 2 rings (SSSR count). The van der Waals surface area contributed by atoms with Crippen LogP contribution in [0.3, 0.4) is 0 Å². The molecule has 0 spiro atoms. The van der Waals surface area contributed by atoms with E-state index in [1.54, 1.807) is 11.3 Å². The molecule has 2 heterocycles. The molecule has 0 radical (unpaired) electrons. The topological polar surface area (TPSA) is 38.5 Å². The van der Waals surface area contributed by atoms with E-state index in [2.05, 4.69) is 46.8 Å². The Morgan fingerprint density at radius 1 is 1.55 bits per heavy atom. The normalized spacial score (nSPS) is 27.4. The third-order valence-electron chi connectivity index (χ3n) is 4.34. The summed E-state index contributed by atoms with van der Waals surface area (Å²) in [7, 11) is 1.82. The number of nitrogens with zero attached hydrogens (tertiary/aromatic N) is 1. The minimum Gasteiger partial charge on any atom is -0.377 e. The van der Waals surface area contributed by atoms with Crippen LogP contribution in [0.15, 0.2) is 15.9 Å². The van der Waals surface area contributed by atoms with Gasteiger partial charge < -0.3 is 10.5 Å². The molecule has 0 aromatic carbocycles. The standard InChI is InChI=1S/C15H25BrN2OS/c1-4-11(17)14(12-6-7-13(16)20-12)18-9-5-8-15(2,10-18)19-3/h6-7,11,14H,4-5,8-10,17H2,1-3H3. The van der Waals surface area contributed by atoms with Gasteiger partial charge in [0.1, 0.15) is 0 Å². The van der Waals surface area contributed by atoms with Gasteiger partial charge in [-0.3, -0.25) is 4.90 Å². The van der Waals surface area contributed by atoms with E-state index in [1.165, 1.54) is 15.1 Å². The first-order valence-corrected chi connectivity index (χ1v) is 8.90. The van der Waals surface area contributed by atoms with Gasteiger partial charge in [-0.1, -0.05) is 6.92 Å². The molecule has 3 atom stereocenters. The molecule has 1 aromatic heterocycles. The van der Waals surface area contributed by atoms with Crippen LogP contribution < -0.4 is 5.73 Å². The summed E-state index contributed by atoms with van der Waals surface area (Å²) >= 11 is 5.36. The third-order valence-corrected chi connectivity index (χ3v) is 6.03. The minimum absolute atomic E-state index is 0.0432. The van der Waals surface area contributed by atoms with Crippen molar-refractivity contribution in [1.82, 2.24) is 4.90 Å². The van der Waals surface area contributed by atoms with Crippen LogP contribution >= 0.6 is 27.3 Å². The van der Waals surface area contributed by atoms with Gasteiger partial charge >= 0.3 is 0 Å². The molecule has 114 valence electrons. The molecule has 3 nitrogen and oxygen atoms in total. The second kappa shape index (κ2) is 6.88. The lowest BCUT2D eigenvalue weighted by molar-refractivity contribution is -0.0640. The number of piperidine rings is 1. The van der Waals surface area contributed by atoms with Gasteiger partial charge in [0.15, 0.2) is 0 Å². The van der Waals surface area contributed by atoms with Crippen molar-refractivity contribution in [2.24, 2.45) is 5.73 Å². The number of hydrogen-bond donors (Lipinski definition) is 1. The number of rotatable bonds is 5. The fourth-order valence-electron chi connectivity index (χ4n) is 3.02. The Bertz CT molecular complexity index is 439. The maximum Gasteiger partial charge on any atom is 0.0777 e. The summed E-state index contributed by atoms with van der Waals surface area (Å²) in [5, 5.41) is 0. The van der Waals surface area contributed by atoms with Crippen molar-refractivity contribution >= 4 is 27.3 Å². The van der Waals surface area contributed by atoms with Crippen molar-refractivity contribution in [3.05, 3.63) is 20.8 Å². The lowest BCUT2D eigenvalue weighted by Crippen LogP contribution is -2.51. The molecule has 20 heavy (non-hydrogen) atoms. The highest BCUT2D eigenvalue weighted by Gasteiger charge is 2.36. The summed E-state index contributed by atoms with van der Waals surface area (Å²) in [6, 6.07) is 4.79. The zero-order valence-corrected chi connectivity index (χ0v) is 15.0. The molecule has 5 heteroatoms. The van der Waals surface area contributed by atoms with Gasteiger partial charge in [0.2, 0.25) is 0 Å². The number of thiophene rings is 1. The zero-order valence-electron chi connectivity index (χ0n) is 12.6. The van der Waals surface area contributed by atoms with Gasteiger partial charge in [-0.2, -0.15) is 0 Å². The van der Waals surface area contributed by atoms with E-state index in [1.807, 2.05) is 7.11 Å². The summed E-state index contributed by atoms with van der Waals surface area (Å²) < 4.78 is 6.90. The SMILES string of the molecule is CCC(N)C(c1ccc(Br)s1)N1CCCC(C)(OC)C1. The van der Waals surface area contributed by atoms with E-state index in [4.69, 9.17) is 10.5 Å². The molecule has 0 bridgehead atoms. The van der Waals surface area contributed by atoms with Crippen LogP contribution in [0, 0.1) is 0 Å². The van der Waals surface area contributed by atoms with Gasteiger partial charge in [0.25, 0.3) is 0 Å². The third kappa shape index (κ3) is 3.63. The maximum atomic E-state index is 6.43. The highest BCUT2D eigenvalue weighted by molar-refractivity contribution is 9.11. The monoisotopic (exact) mass is 360 g/mol. The van der Waals surface area contributed by atoms with Gasteiger partial charge in [-0.15, -0.1) is 11.3 Å². The number of methoxy groups -OCH3 is 1. The van der Waals surface area contributed by atoms with Crippen LogP contribution in [0.25, 0.3) is 0 Å². The molecule has 1 aromatic rings. The van der Waals surface area contributed by atoms with Crippen LogP contribution in [-0.4, -0.2) is 36.7 Å². The fraction of sp³-hybridized carbons (Fsp3) is 0.733. The fourth-order valence-corrected chi connectivity index (χ4v) is 4.65. The largest absolute Gasteiger partial charge is 0.377 e. The number of ether oxygens (including phenoxy) is 1. The number of nitrogens with two attached hydrogens (primary N) is 1. The van der Waals surface area contributed by atoms with E-state index < -0.39 is 0 Å². The van der Waals surface area contributed by atoms with E-state index in [0.29, 0.717) is 6.04 Å². The van der Waals surface area contributed by atoms with Crippen LogP contribution in [0.4, 0.5) is 0 Å². The molecule has 3 unspecified atom stereocenters. The Morgan fingerprint density at radius 2 is 2.30 bits per heavy atom. The first kappa shape index (κ1) is 16.4. The molecule has 0 amide bonds. The molecular weight excluding hydrogens is 336 g/mol. The van der Waals surface area contributed by atoms with Crippen molar-refractivity contribution < 1.29 is 4.74 Å². The van der Waals surface area contributed by atoms with Crippen molar-refractivity contribution in [2.45, 2.75) is 50.8 Å². The van der Waals surface area contributed by atoms with Crippen molar-refractivity contribution in [3.63, 3.8) is 0 Å². The van der Waals surface area contributed by atoms with Crippen LogP contribution in [-0.2, 0) is 4.74 Å². The van der Waals surface area contributed by atoms with Crippen molar-refractivity contribution in [1.29, 1.82) is 0 Å². The van der Waals surface area contributed by atoms with E-state index in [0.717, 1.165) is 25.9 Å². The van der Waals surface area contributed by atoms with Crippen LogP contribution in [0.2, 0.25) is 0 Å². The Labute approximate surface area is 134 Å². The minimum atomic E-state index is -0.0432. The lowest BCUT2D eigenvalue weighted by atomic mass is 9.91. The molecule has 1 fully saturated rings. The summed E-state index contributed by atoms with van der Waals surface area (Å²) in [6.45, 7) is 6.43. The lowest BCUT2D eigenvalue weighted by Gasteiger charge is -2.44. The Kier molecular flexibility index (Phi) is 5.65. The number of likely N-dealkylation sites (tertiary alicyclic amines) is 1. The first-order chi connectivity index (χ1) is 9.49. The molecule has 1 aliphatic rings. The zero-order chi connectivity index (χ0) is 14.8. The molecule has 1 aliphatic heterocycles. The van der Waals surface area contributed by atoms with Gasteiger partial charge in [-0.05, 0) is 60.8 Å². The predicted molar refractivity (Wildman–Crippen MR) is 89.2 cm³/mol. The van der Waals surface area contributed by atoms with Crippen LogP contribution in [0.5, 0.6) is 0 Å². The van der Waals surface area contributed by atoms with E-state index in [9.17, 15) is 0 Å². The molecule has 2 N–H and O–H groups in total. The number of hydrogen-bond acceptors (Lipinski definition) is 4. The predicted octanol–water partition coefficient (Wildman–Crippen LogP) is 3.79. The summed E-state index contributed by atoms with van der Waals surface area (Å²) in [6.07, 6.45) is 3.28. The molecule has 0 aliphatic carbocycles. The Morgan fingerprint density at radius 3 is 2.85 bits per heavy atom. The molecular formula is C15H25BrN2OS. The number of halogens is 1. The van der Waals surface area contributed by atoms with E-state index >= 15 is 0 Å². The Balaban J connectivity index is 2.23. The Hall–Kier alpha value is 0.0600. The summed E-state index contributed by atoms with van der Waals surface area (Å²) in [5.74, 6) is 0. The average Bonchev–Trinajstić information content (AvgIpc) is 2.85. The average molecular weight is 361 g/mol. The van der Waals surface area contributed by atoms with Crippen LogP contribution in [0.1, 0.15) is 44.0 Å². The van der Waals surface area contributed by atoms with Gasteiger partial charge in [-0.25, -0.2) is 0 Å². The maximum absolute atomic E-state index is 6.43. The van der Waals surface area contributed by atoms with Gasteiger partial charge in [0, 0.05) is 24.6 Å². The quantitative estimate of drug-likeness (QED) is 0.867. The van der Waals surface area contributed by atoms with Gasteiger partial charge in [0.05, 0.1) is 15.4 Å². The smallest absolute Gasteiger partial charge is 0.0777 e. The molecule has 1 saturated heterocycles. The van der Waals surface area contributed by atoms with Crippen molar-refractivity contribution in [3.8, 4) is 0 Å². The summed E-state index contributed by atoms with van der Waals surface area (Å²) in [4.78, 5) is 3.87. The highest BCUT2D eigenvalue weighted by atomic mass is 79.9. The second-order valence-electron chi connectivity index (χ2n) is 5.89. The highest BCUT2D eigenvalue weighted by Crippen LogP contribution is 2.36. The molecule has 0 saturated carbocycles. The van der Waals surface area contributed by atoms with Crippen molar-refractivity contribution in [2.75, 3.05) is 20.2 Å². The summed E-state index contributed by atoms with van der Waals surface area (Å²) in [5.41, 5.74) is 6.39. The second-order valence-corrected chi connectivity index (χ2v) is 8.38. The van der Waals surface area contributed by atoms with E-state index in [-0.39, 0.29) is 11.6 Å².